The van der Waals surface area contributed by atoms with Crippen molar-refractivity contribution in [1.29, 1.82) is 0 Å². The molecule has 0 aliphatic rings. The first kappa shape index (κ1) is 13.5. The van der Waals surface area contributed by atoms with Gasteiger partial charge in [-0.2, -0.15) is 0 Å². The van der Waals surface area contributed by atoms with Crippen LogP contribution in [0.5, 0.6) is 11.5 Å². The molecule has 2 nitrogen and oxygen atoms in total. The third-order valence-electron chi connectivity index (χ3n) is 2.52. The van der Waals surface area contributed by atoms with Crippen LogP contribution in [0.25, 0.3) is 0 Å². The summed E-state index contributed by atoms with van der Waals surface area (Å²) in [6.45, 7) is 0.528. The first-order valence-electron chi connectivity index (χ1n) is 5.54. The second kappa shape index (κ2) is 6.27. The van der Waals surface area contributed by atoms with E-state index in [0.717, 1.165) is 26.4 Å². The van der Waals surface area contributed by atoms with Crippen LogP contribution >= 0.6 is 27.7 Å². The highest BCUT2D eigenvalue weighted by atomic mass is 79.9. The van der Waals surface area contributed by atoms with Gasteiger partial charge in [0.05, 0.1) is 4.47 Å². The van der Waals surface area contributed by atoms with E-state index in [-0.39, 0.29) is 0 Å². The van der Waals surface area contributed by atoms with Gasteiger partial charge in [0.15, 0.2) is 0 Å². The zero-order valence-electron chi connectivity index (χ0n) is 10.0. The second-order valence-corrected chi connectivity index (χ2v) is 5.42. The Balaban J connectivity index is 2.28. The third-order valence-corrected chi connectivity index (χ3v) is 3.92. The second-order valence-electron chi connectivity index (χ2n) is 3.72. The minimum atomic E-state index is 0.528. The summed E-state index contributed by atoms with van der Waals surface area (Å²) in [6, 6.07) is 13.9. The summed E-state index contributed by atoms with van der Waals surface area (Å²) in [5.41, 5.74) is 6.68. The molecule has 0 atom stereocenters. The molecule has 2 N–H and O–H groups in total. The molecule has 94 valence electrons. The van der Waals surface area contributed by atoms with E-state index in [4.69, 9.17) is 10.5 Å². The maximum absolute atomic E-state index is 5.92. The summed E-state index contributed by atoms with van der Waals surface area (Å²) < 4.78 is 6.84. The van der Waals surface area contributed by atoms with Crippen LogP contribution in [0.15, 0.2) is 51.8 Å². The average Bonchev–Trinajstić information content (AvgIpc) is 2.41. The van der Waals surface area contributed by atoms with Crippen molar-refractivity contribution in [1.82, 2.24) is 0 Å². The zero-order chi connectivity index (χ0) is 13.0. The van der Waals surface area contributed by atoms with E-state index in [1.54, 1.807) is 11.8 Å². The third kappa shape index (κ3) is 3.07. The first-order chi connectivity index (χ1) is 8.74. The number of hydrogen-bond donors (Lipinski definition) is 1. The van der Waals surface area contributed by atoms with Crippen molar-refractivity contribution in [3.8, 4) is 11.5 Å². The predicted molar refractivity (Wildman–Crippen MR) is 80.3 cm³/mol. The van der Waals surface area contributed by atoms with Crippen molar-refractivity contribution in [2.75, 3.05) is 6.26 Å². The Kier molecular flexibility index (Phi) is 4.69. The number of nitrogens with two attached hydrogens (primary N) is 1. The molecule has 0 unspecified atom stereocenters. The van der Waals surface area contributed by atoms with Crippen LogP contribution in [-0.2, 0) is 6.54 Å². The molecule has 0 spiro atoms. The smallest absolute Gasteiger partial charge is 0.141 e. The molecule has 4 heteroatoms. The topological polar surface area (TPSA) is 35.2 Å². The molecule has 2 aromatic rings. The molecular formula is C14H14BrNOS. The molecule has 2 rings (SSSR count). The Hall–Kier alpha value is -0.970. The lowest BCUT2D eigenvalue weighted by Gasteiger charge is -2.11. The number of halogens is 1. The maximum atomic E-state index is 5.92. The molecule has 0 fully saturated rings. The minimum absolute atomic E-state index is 0.528. The summed E-state index contributed by atoms with van der Waals surface area (Å²) in [4.78, 5) is 1.12. The van der Waals surface area contributed by atoms with Crippen LogP contribution in [0, 0.1) is 0 Å². The lowest BCUT2D eigenvalue weighted by Crippen LogP contribution is -1.96. The Morgan fingerprint density at radius 3 is 2.61 bits per heavy atom. The van der Waals surface area contributed by atoms with Gasteiger partial charge in [0.2, 0.25) is 0 Å². The van der Waals surface area contributed by atoms with E-state index in [1.807, 2.05) is 48.7 Å². The lowest BCUT2D eigenvalue weighted by atomic mass is 10.2. The zero-order valence-corrected chi connectivity index (χ0v) is 12.4. The number of rotatable bonds is 4. The van der Waals surface area contributed by atoms with Crippen LogP contribution in [0.4, 0.5) is 0 Å². The quantitative estimate of drug-likeness (QED) is 0.846. The number of ether oxygens (including phenoxy) is 1. The standard InChI is InChI=1S/C14H14BrNOS/c1-18-14-5-3-2-4-13(14)17-12-7-6-10(9-16)8-11(12)15/h2-8H,9,16H2,1H3. The monoisotopic (exact) mass is 323 g/mol. The molecule has 18 heavy (non-hydrogen) atoms. The van der Waals surface area contributed by atoms with Crippen molar-refractivity contribution in [3.63, 3.8) is 0 Å². The van der Waals surface area contributed by atoms with E-state index >= 15 is 0 Å². The van der Waals surface area contributed by atoms with Gasteiger partial charge >= 0.3 is 0 Å². The van der Waals surface area contributed by atoms with E-state index in [1.165, 1.54) is 0 Å². The van der Waals surface area contributed by atoms with Gasteiger partial charge < -0.3 is 10.5 Å². The van der Waals surface area contributed by atoms with Gasteiger partial charge in [-0.05, 0) is 52.0 Å². The lowest BCUT2D eigenvalue weighted by molar-refractivity contribution is 0.468. The van der Waals surface area contributed by atoms with Crippen LogP contribution in [0.2, 0.25) is 0 Å². The molecule has 0 amide bonds. The first-order valence-corrected chi connectivity index (χ1v) is 7.55. The molecule has 0 radical (unpaired) electrons. The molecular weight excluding hydrogens is 310 g/mol. The molecule has 0 aromatic heterocycles. The van der Waals surface area contributed by atoms with Crippen molar-refractivity contribution in [2.45, 2.75) is 11.4 Å². The van der Waals surface area contributed by atoms with Gasteiger partial charge in [-0.1, -0.05) is 18.2 Å². The van der Waals surface area contributed by atoms with E-state index in [9.17, 15) is 0 Å². The van der Waals surface area contributed by atoms with Crippen LogP contribution in [0.1, 0.15) is 5.56 Å². The van der Waals surface area contributed by atoms with Gasteiger partial charge in [-0.15, -0.1) is 11.8 Å². The Labute approximate surface area is 120 Å². The Morgan fingerprint density at radius 1 is 1.17 bits per heavy atom. The largest absolute Gasteiger partial charge is 0.455 e. The van der Waals surface area contributed by atoms with Gasteiger partial charge in [-0.3, -0.25) is 0 Å². The fraction of sp³-hybridized carbons (Fsp3) is 0.143. The molecule has 0 aliphatic carbocycles. The number of benzene rings is 2. The highest BCUT2D eigenvalue weighted by molar-refractivity contribution is 9.10. The molecule has 0 heterocycles. The highest BCUT2D eigenvalue weighted by Crippen LogP contribution is 2.35. The fourth-order valence-corrected chi connectivity index (χ4v) is 2.61. The van der Waals surface area contributed by atoms with E-state index < -0.39 is 0 Å². The molecule has 0 aliphatic heterocycles. The molecule has 0 saturated carbocycles. The normalized spacial score (nSPS) is 10.4. The molecule has 0 saturated heterocycles. The number of para-hydroxylation sites is 1. The summed E-state index contributed by atoms with van der Waals surface area (Å²) in [5.74, 6) is 1.67. The summed E-state index contributed by atoms with van der Waals surface area (Å²) >= 11 is 5.17. The van der Waals surface area contributed by atoms with Gasteiger partial charge in [-0.25, -0.2) is 0 Å². The predicted octanol–water partition coefficient (Wildman–Crippen LogP) is 4.42. The van der Waals surface area contributed by atoms with Crippen molar-refractivity contribution in [3.05, 3.63) is 52.5 Å². The molecule has 2 aromatic carbocycles. The van der Waals surface area contributed by atoms with Crippen LogP contribution < -0.4 is 10.5 Å². The van der Waals surface area contributed by atoms with Gasteiger partial charge in [0.1, 0.15) is 11.5 Å². The van der Waals surface area contributed by atoms with Crippen LogP contribution in [-0.4, -0.2) is 6.26 Å². The average molecular weight is 324 g/mol. The summed E-state index contributed by atoms with van der Waals surface area (Å²) in [6.07, 6.45) is 2.04. The summed E-state index contributed by atoms with van der Waals surface area (Å²) in [7, 11) is 0. The molecule has 0 bridgehead atoms. The van der Waals surface area contributed by atoms with Gasteiger partial charge in [0, 0.05) is 11.4 Å². The Bertz CT molecular complexity index is 545. The van der Waals surface area contributed by atoms with E-state index in [0.29, 0.717) is 6.54 Å². The number of hydrogen-bond acceptors (Lipinski definition) is 3. The van der Waals surface area contributed by atoms with Crippen molar-refractivity contribution < 1.29 is 4.74 Å². The summed E-state index contributed by atoms with van der Waals surface area (Å²) in [5, 5.41) is 0. The Morgan fingerprint density at radius 2 is 1.94 bits per heavy atom. The van der Waals surface area contributed by atoms with Crippen LogP contribution in [0.3, 0.4) is 0 Å². The van der Waals surface area contributed by atoms with E-state index in [2.05, 4.69) is 15.9 Å². The highest BCUT2D eigenvalue weighted by Gasteiger charge is 2.06. The SMILES string of the molecule is CSc1ccccc1Oc1ccc(CN)cc1Br. The van der Waals surface area contributed by atoms with Crippen molar-refractivity contribution in [2.24, 2.45) is 5.73 Å². The maximum Gasteiger partial charge on any atom is 0.141 e. The van der Waals surface area contributed by atoms with Gasteiger partial charge in [0.25, 0.3) is 0 Å². The minimum Gasteiger partial charge on any atom is -0.455 e. The van der Waals surface area contributed by atoms with Crippen molar-refractivity contribution >= 4 is 27.7 Å². The number of thioether (sulfide) groups is 1. The fourth-order valence-electron chi connectivity index (χ4n) is 1.58.